The molecule has 4 aromatic rings. The Labute approximate surface area is 140 Å². The number of aryl methyl sites for hydroxylation is 1. The number of carbonyl (C=O) groups is 2. The first-order valence-corrected chi connectivity index (χ1v) is 7.67. The summed E-state index contributed by atoms with van der Waals surface area (Å²) in [6, 6.07) is 21.5. The smallest absolute Gasteiger partial charge is 0.152 e. The first-order chi connectivity index (χ1) is 11.7. The first kappa shape index (κ1) is 15.7. The van der Waals surface area contributed by atoms with Crippen LogP contribution in [-0.4, -0.2) is 17.1 Å². The van der Waals surface area contributed by atoms with E-state index in [-0.39, 0.29) is 0 Å². The third-order valence-electron chi connectivity index (χ3n) is 4.01. The van der Waals surface area contributed by atoms with Gasteiger partial charge in [-0.25, -0.2) is 0 Å². The van der Waals surface area contributed by atoms with Crippen LogP contribution in [0.4, 0.5) is 0 Å². The number of aromatic nitrogens is 1. The van der Waals surface area contributed by atoms with Crippen LogP contribution < -0.4 is 0 Å². The third-order valence-corrected chi connectivity index (χ3v) is 4.01. The highest BCUT2D eigenvalue weighted by atomic mass is 16.1. The number of benzene rings is 3. The summed E-state index contributed by atoms with van der Waals surface area (Å²) >= 11 is 0. The molecule has 0 saturated carbocycles. The Bertz CT molecular complexity index is 1010. The van der Waals surface area contributed by atoms with Gasteiger partial charge in [0.1, 0.15) is 0 Å². The van der Waals surface area contributed by atoms with Crippen LogP contribution in [0.5, 0.6) is 0 Å². The Hall–Kier alpha value is -3.20. The maximum atomic E-state index is 10.6. The number of carbonyl (C=O) groups excluding carboxylic acids is 2. The predicted octanol–water partition coefficient (Wildman–Crippen LogP) is 4.64. The lowest BCUT2D eigenvalue weighted by atomic mass is 10.1. The summed E-state index contributed by atoms with van der Waals surface area (Å²) in [4.78, 5) is 21.2. The molecule has 1 heterocycles. The molecule has 0 atom stereocenters. The number of para-hydroxylation sites is 1. The average Bonchev–Trinajstić information content (AvgIpc) is 2.98. The normalized spacial score (nSPS) is 10.2. The van der Waals surface area contributed by atoms with Gasteiger partial charge in [0.05, 0.1) is 0 Å². The molecule has 24 heavy (non-hydrogen) atoms. The second-order valence-electron chi connectivity index (χ2n) is 5.52. The molecule has 0 aliphatic carbocycles. The van der Waals surface area contributed by atoms with Crippen molar-refractivity contribution >= 4 is 34.2 Å². The Morgan fingerprint density at radius 2 is 1.33 bits per heavy atom. The number of hydrogen-bond donors (Lipinski definition) is 0. The highest BCUT2D eigenvalue weighted by molar-refractivity contribution is 5.98. The van der Waals surface area contributed by atoms with E-state index in [0.717, 1.165) is 45.4 Å². The van der Waals surface area contributed by atoms with E-state index in [9.17, 15) is 9.59 Å². The topological polar surface area (TPSA) is 39.1 Å². The number of nitrogens with zero attached hydrogens (tertiary/aromatic N) is 1. The van der Waals surface area contributed by atoms with Crippen molar-refractivity contribution in [2.45, 2.75) is 0 Å². The van der Waals surface area contributed by atoms with E-state index in [1.807, 2.05) is 84.5 Å². The van der Waals surface area contributed by atoms with Crippen LogP contribution in [-0.2, 0) is 7.05 Å². The Kier molecular flexibility index (Phi) is 4.52. The van der Waals surface area contributed by atoms with E-state index >= 15 is 0 Å². The number of fused-ring (bicyclic) bond motifs is 2. The Morgan fingerprint density at radius 3 is 2.08 bits per heavy atom. The average molecular weight is 315 g/mol. The molecule has 118 valence electrons. The van der Waals surface area contributed by atoms with Crippen molar-refractivity contribution in [1.29, 1.82) is 0 Å². The van der Waals surface area contributed by atoms with Crippen molar-refractivity contribution < 1.29 is 9.59 Å². The molecule has 1 aromatic heterocycles. The molecule has 0 spiro atoms. The maximum Gasteiger partial charge on any atom is 0.152 e. The number of hydrogen-bond acceptors (Lipinski definition) is 2. The van der Waals surface area contributed by atoms with Crippen LogP contribution in [0.15, 0.2) is 72.9 Å². The van der Waals surface area contributed by atoms with E-state index in [2.05, 4.69) is 0 Å². The van der Waals surface area contributed by atoms with Gasteiger partial charge in [0.15, 0.2) is 12.6 Å². The zero-order valence-electron chi connectivity index (χ0n) is 13.3. The predicted molar refractivity (Wildman–Crippen MR) is 97.6 cm³/mol. The van der Waals surface area contributed by atoms with Gasteiger partial charge in [-0.3, -0.25) is 9.59 Å². The summed E-state index contributed by atoms with van der Waals surface area (Å²) in [6.45, 7) is 0. The first-order valence-electron chi connectivity index (χ1n) is 7.67. The number of rotatable bonds is 2. The summed E-state index contributed by atoms with van der Waals surface area (Å²) in [6.07, 6.45) is 3.63. The van der Waals surface area contributed by atoms with Crippen LogP contribution >= 0.6 is 0 Å². The van der Waals surface area contributed by atoms with Gasteiger partial charge in [0.2, 0.25) is 0 Å². The van der Waals surface area contributed by atoms with Crippen LogP contribution in [0.3, 0.4) is 0 Å². The minimum atomic E-state index is 0.758. The molecule has 4 rings (SSSR count). The van der Waals surface area contributed by atoms with Gasteiger partial charge < -0.3 is 4.57 Å². The molecule has 0 amide bonds. The standard InChI is InChI=1S/C11H8O.C10H9NO/c12-8-10-6-3-5-9-4-1-2-7-11(9)10;1-11-6-8(7-12)9-4-2-3-5-10(9)11/h1-8H;2-7H,1H3. The summed E-state index contributed by atoms with van der Waals surface area (Å²) in [5.74, 6) is 0. The van der Waals surface area contributed by atoms with E-state index in [4.69, 9.17) is 0 Å². The number of aldehydes is 2. The van der Waals surface area contributed by atoms with Crippen LogP contribution in [0, 0.1) is 0 Å². The molecule has 0 bridgehead atoms. The highest BCUT2D eigenvalue weighted by Crippen LogP contribution is 2.18. The highest BCUT2D eigenvalue weighted by Gasteiger charge is 2.02. The molecular formula is C21H17NO2. The summed E-state index contributed by atoms with van der Waals surface area (Å²) < 4.78 is 1.96. The molecule has 3 heteroatoms. The molecule has 0 unspecified atom stereocenters. The van der Waals surface area contributed by atoms with Crippen molar-refractivity contribution in [2.24, 2.45) is 7.05 Å². The summed E-state index contributed by atoms with van der Waals surface area (Å²) in [7, 11) is 1.94. The molecule has 3 nitrogen and oxygen atoms in total. The van der Waals surface area contributed by atoms with E-state index in [1.165, 1.54) is 0 Å². The van der Waals surface area contributed by atoms with E-state index in [1.54, 1.807) is 0 Å². The molecule has 0 fully saturated rings. The molecule has 0 radical (unpaired) electrons. The molecule has 0 aliphatic rings. The van der Waals surface area contributed by atoms with Gasteiger partial charge in [-0.05, 0) is 16.8 Å². The van der Waals surface area contributed by atoms with E-state index < -0.39 is 0 Å². The largest absolute Gasteiger partial charge is 0.350 e. The lowest BCUT2D eigenvalue weighted by molar-refractivity contribution is 0.111. The fourth-order valence-corrected chi connectivity index (χ4v) is 2.82. The lowest BCUT2D eigenvalue weighted by Gasteiger charge is -1.98. The summed E-state index contributed by atoms with van der Waals surface area (Å²) in [5, 5.41) is 3.16. The monoisotopic (exact) mass is 315 g/mol. The van der Waals surface area contributed by atoms with Crippen LogP contribution in [0.2, 0.25) is 0 Å². The molecule has 0 N–H and O–H groups in total. The van der Waals surface area contributed by atoms with E-state index in [0.29, 0.717) is 0 Å². The fourth-order valence-electron chi connectivity index (χ4n) is 2.82. The minimum absolute atomic E-state index is 0.758. The van der Waals surface area contributed by atoms with Crippen molar-refractivity contribution in [3.8, 4) is 0 Å². The third kappa shape index (κ3) is 2.97. The van der Waals surface area contributed by atoms with Crippen molar-refractivity contribution in [3.63, 3.8) is 0 Å². The molecule has 3 aromatic carbocycles. The van der Waals surface area contributed by atoms with Gasteiger partial charge in [-0.2, -0.15) is 0 Å². The Morgan fingerprint density at radius 1 is 0.708 bits per heavy atom. The maximum absolute atomic E-state index is 10.6. The second-order valence-corrected chi connectivity index (χ2v) is 5.52. The SMILES string of the molecule is Cn1cc(C=O)c2ccccc21.O=Cc1cccc2ccccc12. The second kappa shape index (κ2) is 6.92. The minimum Gasteiger partial charge on any atom is -0.350 e. The van der Waals surface area contributed by atoms with Crippen LogP contribution in [0.25, 0.3) is 21.7 Å². The molecule has 0 saturated heterocycles. The summed E-state index contributed by atoms with van der Waals surface area (Å²) in [5.41, 5.74) is 2.61. The van der Waals surface area contributed by atoms with Gasteiger partial charge in [-0.1, -0.05) is 60.7 Å². The molecular weight excluding hydrogens is 298 g/mol. The zero-order valence-corrected chi connectivity index (χ0v) is 13.3. The Balaban J connectivity index is 0.000000141. The van der Waals surface area contributed by atoms with Crippen molar-refractivity contribution in [1.82, 2.24) is 4.57 Å². The fraction of sp³-hybridized carbons (Fsp3) is 0.0476. The molecule has 0 aliphatic heterocycles. The van der Waals surface area contributed by atoms with Gasteiger partial charge in [-0.15, -0.1) is 0 Å². The van der Waals surface area contributed by atoms with Crippen molar-refractivity contribution in [2.75, 3.05) is 0 Å². The lowest BCUT2D eigenvalue weighted by Crippen LogP contribution is -1.81. The van der Waals surface area contributed by atoms with Crippen molar-refractivity contribution in [3.05, 3.63) is 84.1 Å². The zero-order chi connectivity index (χ0) is 16.9. The van der Waals surface area contributed by atoms with Gasteiger partial charge >= 0.3 is 0 Å². The quantitative estimate of drug-likeness (QED) is 0.505. The van der Waals surface area contributed by atoms with Gasteiger partial charge in [0.25, 0.3) is 0 Å². The van der Waals surface area contributed by atoms with Crippen LogP contribution in [0.1, 0.15) is 20.7 Å². The van der Waals surface area contributed by atoms with Gasteiger partial charge in [0, 0.05) is 35.3 Å².